The molecule has 1 N–H and O–H groups in total. The minimum atomic E-state index is -0.221. The van der Waals surface area contributed by atoms with Gasteiger partial charge in [-0.15, -0.1) is 11.8 Å². The van der Waals surface area contributed by atoms with Crippen LogP contribution >= 0.6 is 35.7 Å². The number of aromatic hydroxyl groups is 1. The van der Waals surface area contributed by atoms with Crippen LogP contribution in [-0.2, 0) is 15.6 Å². The number of phenols is 1. The summed E-state index contributed by atoms with van der Waals surface area (Å²) >= 11 is 8.69. The Hall–Kier alpha value is -1.83. The van der Waals surface area contributed by atoms with Gasteiger partial charge in [-0.2, -0.15) is 0 Å². The Morgan fingerprint density at radius 1 is 1.06 bits per heavy atom. The maximum Gasteiger partial charge on any atom is 0.266 e. The first-order chi connectivity index (χ1) is 15.9. The zero-order valence-electron chi connectivity index (χ0n) is 20.8. The number of carbonyl (C=O) groups excluding carboxylic acids is 1. The van der Waals surface area contributed by atoms with Crippen LogP contribution in [0.2, 0.25) is 0 Å². The molecule has 1 aliphatic heterocycles. The average molecular weight is 515 g/mol. The topological polar surface area (TPSA) is 53.4 Å². The highest BCUT2D eigenvalue weighted by Crippen LogP contribution is 2.41. The van der Waals surface area contributed by atoms with E-state index in [0.29, 0.717) is 21.5 Å². The molecule has 0 aliphatic carbocycles. The largest absolute Gasteiger partial charge is 0.507 e. The molecule has 182 valence electrons. The van der Waals surface area contributed by atoms with Gasteiger partial charge >= 0.3 is 0 Å². The fourth-order valence-electron chi connectivity index (χ4n) is 3.72. The van der Waals surface area contributed by atoms with E-state index < -0.39 is 0 Å². The molecule has 2 heterocycles. The molecule has 0 spiro atoms. The molecule has 1 amide bonds. The Balaban J connectivity index is 1.71. The van der Waals surface area contributed by atoms with E-state index in [1.54, 1.807) is 29.1 Å². The Morgan fingerprint density at radius 3 is 2.21 bits per heavy atom. The highest BCUT2D eigenvalue weighted by Gasteiger charge is 2.32. The van der Waals surface area contributed by atoms with Gasteiger partial charge in [-0.05, 0) is 65.3 Å². The first-order valence-corrected chi connectivity index (χ1v) is 13.7. The van der Waals surface area contributed by atoms with Crippen LogP contribution in [0.5, 0.6) is 5.75 Å². The number of rotatable bonds is 7. The van der Waals surface area contributed by atoms with Crippen molar-refractivity contribution in [2.75, 3.05) is 12.3 Å². The van der Waals surface area contributed by atoms with Gasteiger partial charge in [0.15, 0.2) is 0 Å². The highest BCUT2D eigenvalue weighted by molar-refractivity contribution is 8.26. The van der Waals surface area contributed by atoms with Gasteiger partial charge in [0, 0.05) is 35.0 Å². The molecular formula is C27H34N2O2S3. The van der Waals surface area contributed by atoms with Crippen LogP contribution in [0.3, 0.4) is 0 Å². The zero-order valence-corrected chi connectivity index (χ0v) is 23.3. The third-order valence-corrected chi connectivity index (χ3v) is 8.09. The first-order valence-electron chi connectivity index (χ1n) is 11.5. The first kappa shape index (κ1) is 26.8. The lowest BCUT2D eigenvalue weighted by Crippen LogP contribution is -2.29. The van der Waals surface area contributed by atoms with Gasteiger partial charge in [-0.25, -0.2) is 0 Å². The molecule has 3 rings (SSSR count). The molecule has 1 fully saturated rings. The van der Waals surface area contributed by atoms with Crippen molar-refractivity contribution < 1.29 is 9.90 Å². The van der Waals surface area contributed by atoms with E-state index in [4.69, 9.17) is 12.2 Å². The van der Waals surface area contributed by atoms with E-state index in [1.165, 1.54) is 16.7 Å². The second-order valence-electron chi connectivity index (χ2n) is 10.5. The third-order valence-electron chi connectivity index (χ3n) is 5.61. The predicted molar refractivity (Wildman–Crippen MR) is 150 cm³/mol. The Labute approximate surface area is 217 Å². The summed E-state index contributed by atoms with van der Waals surface area (Å²) in [6.45, 7) is 13.2. The number of unbranched alkanes of at least 4 members (excludes halogenated alkanes) is 1. The lowest BCUT2D eigenvalue weighted by Gasteiger charge is -2.28. The number of nitrogens with zero attached hydrogens (tertiary/aromatic N) is 2. The number of phenolic OH excluding ortho intramolecular Hbond substituents is 1. The Bertz CT molecular complexity index is 1050. The second-order valence-corrected chi connectivity index (χ2v) is 13.4. The number of thiocarbonyl (C=S) groups is 1. The zero-order chi connectivity index (χ0) is 25.1. The summed E-state index contributed by atoms with van der Waals surface area (Å²) in [6, 6.07) is 8.01. The molecule has 4 nitrogen and oxygen atoms in total. The summed E-state index contributed by atoms with van der Waals surface area (Å²) in [5.41, 5.74) is 2.24. The minimum absolute atomic E-state index is 0.0283. The van der Waals surface area contributed by atoms with Gasteiger partial charge in [0.05, 0.1) is 4.91 Å². The lowest BCUT2D eigenvalue weighted by molar-refractivity contribution is -0.122. The molecule has 0 bridgehead atoms. The summed E-state index contributed by atoms with van der Waals surface area (Å²) in [5, 5.41) is 11.0. The molecule has 34 heavy (non-hydrogen) atoms. The number of hydrogen-bond donors (Lipinski definition) is 1. The smallest absolute Gasteiger partial charge is 0.266 e. The van der Waals surface area contributed by atoms with Crippen molar-refractivity contribution >= 4 is 52.0 Å². The number of thioether (sulfide) groups is 2. The maximum absolute atomic E-state index is 13.1. The predicted octanol–water partition coefficient (Wildman–Crippen LogP) is 7.16. The summed E-state index contributed by atoms with van der Waals surface area (Å²) in [7, 11) is 0. The van der Waals surface area contributed by atoms with Crippen molar-refractivity contribution in [3.8, 4) is 5.75 Å². The van der Waals surface area contributed by atoms with Crippen molar-refractivity contribution in [3.63, 3.8) is 0 Å². The monoisotopic (exact) mass is 514 g/mol. The lowest BCUT2D eigenvalue weighted by atomic mass is 9.78. The number of hydrogen-bond acceptors (Lipinski definition) is 6. The van der Waals surface area contributed by atoms with Gasteiger partial charge in [-0.1, -0.05) is 65.5 Å². The third kappa shape index (κ3) is 6.64. The van der Waals surface area contributed by atoms with Gasteiger partial charge < -0.3 is 5.11 Å². The molecule has 0 saturated carbocycles. The van der Waals surface area contributed by atoms with Crippen molar-refractivity contribution in [2.45, 2.75) is 70.1 Å². The number of benzene rings is 1. The van der Waals surface area contributed by atoms with E-state index in [9.17, 15) is 9.90 Å². The molecule has 7 heteroatoms. The van der Waals surface area contributed by atoms with Crippen molar-refractivity contribution in [1.29, 1.82) is 0 Å². The molecule has 0 atom stereocenters. The van der Waals surface area contributed by atoms with Crippen LogP contribution in [0.15, 0.2) is 46.5 Å². The number of amides is 1. The molecule has 1 saturated heterocycles. The fraction of sp³-hybridized carbons (Fsp3) is 0.444. The van der Waals surface area contributed by atoms with Gasteiger partial charge in [-0.3, -0.25) is 14.7 Å². The summed E-state index contributed by atoms with van der Waals surface area (Å²) in [6.07, 6.45) is 7.43. The van der Waals surface area contributed by atoms with E-state index in [-0.39, 0.29) is 16.7 Å². The second kappa shape index (κ2) is 10.8. The van der Waals surface area contributed by atoms with E-state index in [2.05, 4.69) is 46.5 Å². The van der Waals surface area contributed by atoms with Crippen LogP contribution in [0.25, 0.3) is 6.08 Å². The maximum atomic E-state index is 13.1. The molecule has 1 aromatic heterocycles. The van der Waals surface area contributed by atoms with Crippen molar-refractivity contribution in [3.05, 3.63) is 58.3 Å². The molecule has 2 aromatic rings. The molecular weight excluding hydrogens is 481 g/mol. The summed E-state index contributed by atoms with van der Waals surface area (Å²) in [4.78, 5) is 20.7. The number of pyridine rings is 1. The van der Waals surface area contributed by atoms with Crippen LogP contribution < -0.4 is 0 Å². The van der Waals surface area contributed by atoms with E-state index in [1.807, 2.05) is 30.3 Å². The highest BCUT2D eigenvalue weighted by atomic mass is 32.2. The van der Waals surface area contributed by atoms with Crippen LogP contribution in [0.1, 0.15) is 71.1 Å². The number of carbonyl (C=O) groups is 1. The SMILES string of the molecule is CC(C)(C)c1cc(C=C2SC(=S)N(CCCCSc3ccncc3)C2=O)cc(C(C)(C)C)c1O. The van der Waals surface area contributed by atoms with E-state index >= 15 is 0 Å². The Kier molecular flexibility index (Phi) is 8.53. The number of aromatic nitrogens is 1. The average Bonchev–Trinajstić information content (AvgIpc) is 3.01. The molecule has 1 aromatic carbocycles. The minimum Gasteiger partial charge on any atom is -0.507 e. The van der Waals surface area contributed by atoms with Crippen LogP contribution in [0.4, 0.5) is 0 Å². The van der Waals surface area contributed by atoms with Crippen molar-refractivity contribution in [2.24, 2.45) is 0 Å². The standard InChI is InChI=1S/C27H34N2O2S3/c1-26(2,3)20-15-18(16-21(23(20)30)27(4,5)6)17-22-24(31)29(25(32)34-22)13-7-8-14-33-19-9-11-28-12-10-19/h9-12,15-17,30H,7-8,13-14H2,1-6H3. The van der Waals surface area contributed by atoms with Crippen molar-refractivity contribution in [1.82, 2.24) is 9.88 Å². The fourth-order valence-corrected chi connectivity index (χ4v) is 5.93. The van der Waals surface area contributed by atoms with E-state index in [0.717, 1.165) is 35.3 Å². The van der Waals surface area contributed by atoms with Gasteiger partial charge in [0.2, 0.25) is 0 Å². The summed E-state index contributed by atoms with van der Waals surface area (Å²) < 4.78 is 0.615. The van der Waals surface area contributed by atoms with Crippen LogP contribution in [-0.4, -0.2) is 37.5 Å². The molecule has 0 unspecified atom stereocenters. The Morgan fingerprint density at radius 2 is 1.65 bits per heavy atom. The van der Waals surface area contributed by atoms with Gasteiger partial charge in [0.25, 0.3) is 5.91 Å². The van der Waals surface area contributed by atoms with Gasteiger partial charge in [0.1, 0.15) is 10.1 Å². The molecule has 0 radical (unpaired) electrons. The summed E-state index contributed by atoms with van der Waals surface area (Å²) in [5.74, 6) is 1.31. The molecule has 1 aliphatic rings. The van der Waals surface area contributed by atoms with Crippen LogP contribution in [0, 0.1) is 0 Å². The quantitative estimate of drug-likeness (QED) is 0.183. The normalized spacial score (nSPS) is 16.1.